The molecular weight excluding hydrogens is 431 g/mol. The van der Waals surface area contributed by atoms with Crippen molar-refractivity contribution in [3.63, 3.8) is 0 Å². The minimum absolute atomic E-state index is 0.152. The van der Waals surface area contributed by atoms with Crippen LogP contribution in [0, 0.1) is 5.82 Å². The van der Waals surface area contributed by atoms with Gasteiger partial charge in [0.15, 0.2) is 0 Å². The van der Waals surface area contributed by atoms with Gasteiger partial charge in [0.2, 0.25) is 11.7 Å². The van der Waals surface area contributed by atoms with E-state index in [-0.39, 0.29) is 16.3 Å². The van der Waals surface area contributed by atoms with Crippen molar-refractivity contribution in [1.82, 2.24) is 15.1 Å². The molecule has 10 heteroatoms. The average molecular weight is 445 g/mol. The van der Waals surface area contributed by atoms with Crippen molar-refractivity contribution in [2.75, 3.05) is 4.72 Å². The summed E-state index contributed by atoms with van der Waals surface area (Å²) in [4.78, 5) is 8.20. The van der Waals surface area contributed by atoms with Crippen LogP contribution in [-0.2, 0) is 16.4 Å². The lowest BCUT2D eigenvalue weighted by Crippen LogP contribution is -2.14. The monoisotopic (exact) mass is 444 g/mol. The molecule has 0 radical (unpaired) electrons. The van der Waals surface area contributed by atoms with Gasteiger partial charge in [-0.05, 0) is 42.0 Å². The summed E-state index contributed by atoms with van der Waals surface area (Å²) in [5, 5.41) is 3.66. The Balaban J connectivity index is 1.59. The van der Waals surface area contributed by atoms with Crippen LogP contribution in [0.25, 0.3) is 11.4 Å². The molecule has 1 N–H and O–H groups in total. The number of nitrogens with one attached hydrogen (secondary N) is 1. The fourth-order valence-electron chi connectivity index (χ4n) is 2.72. The van der Waals surface area contributed by atoms with Crippen molar-refractivity contribution in [2.45, 2.75) is 11.3 Å². The summed E-state index contributed by atoms with van der Waals surface area (Å²) in [5.74, 6) is -0.000672. The molecule has 0 spiro atoms. The number of pyridine rings is 1. The first kappa shape index (κ1) is 20.0. The minimum Gasteiger partial charge on any atom is -0.339 e. The molecule has 4 rings (SSSR count). The molecule has 30 heavy (non-hydrogen) atoms. The number of halogens is 2. The normalized spacial score (nSPS) is 11.4. The Morgan fingerprint density at radius 2 is 1.93 bits per heavy atom. The Morgan fingerprint density at radius 1 is 1.10 bits per heavy atom. The van der Waals surface area contributed by atoms with Crippen molar-refractivity contribution in [1.29, 1.82) is 0 Å². The van der Waals surface area contributed by atoms with Gasteiger partial charge in [0, 0.05) is 18.0 Å². The number of sulfonamides is 1. The highest BCUT2D eigenvalue weighted by Gasteiger charge is 2.19. The van der Waals surface area contributed by atoms with Crippen LogP contribution in [0.2, 0.25) is 5.02 Å². The topological polar surface area (TPSA) is 98.0 Å². The molecule has 0 aliphatic rings. The average Bonchev–Trinajstić information content (AvgIpc) is 3.20. The van der Waals surface area contributed by atoms with E-state index in [4.69, 9.17) is 16.1 Å². The Hall–Kier alpha value is -3.30. The molecule has 0 saturated heterocycles. The van der Waals surface area contributed by atoms with Crippen molar-refractivity contribution in [3.05, 3.63) is 89.3 Å². The lowest BCUT2D eigenvalue weighted by Gasteiger charge is -2.12. The third-order valence-electron chi connectivity index (χ3n) is 4.19. The van der Waals surface area contributed by atoms with Gasteiger partial charge < -0.3 is 4.52 Å². The standard InChI is InChI=1S/C20H14ClFN4O3S/c21-16-11-15(7-8-17(16)22)30(27,28)26-18-6-2-1-4-13(18)10-19-24-20(25-29-19)14-5-3-9-23-12-14/h1-9,11-12,26H,10H2. The Bertz CT molecular complexity index is 1300. The van der Waals surface area contributed by atoms with E-state index in [9.17, 15) is 12.8 Å². The van der Waals surface area contributed by atoms with E-state index in [1.54, 1.807) is 48.8 Å². The molecule has 0 saturated carbocycles. The van der Waals surface area contributed by atoms with E-state index in [0.717, 1.165) is 18.2 Å². The molecule has 152 valence electrons. The maximum absolute atomic E-state index is 13.4. The second kappa shape index (κ2) is 8.21. The molecule has 0 aliphatic carbocycles. The molecule has 0 unspecified atom stereocenters. The number of rotatable bonds is 6. The molecular formula is C20H14ClFN4O3S. The largest absolute Gasteiger partial charge is 0.339 e. The van der Waals surface area contributed by atoms with Crippen LogP contribution < -0.4 is 4.72 Å². The van der Waals surface area contributed by atoms with Gasteiger partial charge in [0.05, 0.1) is 22.0 Å². The van der Waals surface area contributed by atoms with Crippen LogP contribution in [0.15, 0.2) is 76.4 Å². The molecule has 0 aliphatic heterocycles. The third kappa shape index (κ3) is 4.32. The molecule has 2 aromatic heterocycles. The van der Waals surface area contributed by atoms with E-state index in [1.807, 2.05) is 0 Å². The molecule has 0 amide bonds. The molecule has 0 atom stereocenters. The maximum Gasteiger partial charge on any atom is 0.261 e. The number of anilines is 1. The first-order valence-electron chi connectivity index (χ1n) is 8.71. The summed E-state index contributed by atoms with van der Waals surface area (Å²) >= 11 is 5.72. The zero-order valence-corrected chi connectivity index (χ0v) is 16.9. The van der Waals surface area contributed by atoms with E-state index in [1.165, 1.54) is 0 Å². The van der Waals surface area contributed by atoms with E-state index in [0.29, 0.717) is 28.5 Å². The Labute approximate surface area is 176 Å². The summed E-state index contributed by atoms with van der Waals surface area (Å²) in [6.45, 7) is 0. The van der Waals surface area contributed by atoms with Crippen molar-refractivity contribution >= 4 is 27.3 Å². The predicted octanol–water partition coefficient (Wildman–Crippen LogP) is 4.32. The zero-order chi connectivity index (χ0) is 21.1. The van der Waals surface area contributed by atoms with Gasteiger partial charge in [-0.25, -0.2) is 12.8 Å². The quantitative estimate of drug-likeness (QED) is 0.475. The summed E-state index contributed by atoms with van der Waals surface area (Å²) in [7, 11) is -3.98. The van der Waals surface area contributed by atoms with Crippen molar-refractivity contribution in [3.8, 4) is 11.4 Å². The first-order chi connectivity index (χ1) is 14.4. The van der Waals surface area contributed by atoms with Crippen molar-refractivity contribution in [2.24, 2.45) is 0 Å². The molecule has 2 heterocycles. The zero-order valence-electron chi connectivity index (χ0n) is 15.3. The lowest BCUT2D eigenvalue weighted by molar-refractivity contribution is 0.386. The highest BCUT2D eigenvalue weighted by molar-refractivity contribution is 7.92. The highest BCUT2D eigenvalue weighted by Crippen LogP contribution is 2.25. The van der Waals surface area contributed by atoms with Crippen LogP contribution in [0.3, 0.4) is 0 Å². The summed E-state index contributed by atoms with van der Waals surface area (Å²) < 4.78 is 46.6. The number of benzene rings is 2. The maximum atomic E-state index is 13.4. The van der Waals surface area contributed by atoms with Gasteiger partial charge in [-0.2, -0.15) is 4.98 Å². The molecule has 7 nitrogen and oxygen atoms in total. The highest BCUT2D eigenvalue weighted by atomic mass is 35.5. The summed E-state index contributed by atoms with van der Waals surface area (Å²) in [5.41, 5.74) is 1.66. The number of hydrogen-bond donors (Lipinski definition) is 1. The van der Waals surface area contributed by atoms with Crippen molar-refractivity contribution < 1.29 is 17.3 Å². The first-order valence-corrected chi connectivity index (χ1v) is 10.6. The second-order valence-electron chi connectivity index (χ2n) is 6.27. The third-order valence-corrected chi connectivity index (χ3v) is 5.85. The SMILES string of the molecule is O=S(=O)(Nc1ccccc1Cc1nc(-c2cccnc2)no1)c1ccc(F)c(Cl)c1. The van der Waals surface area contributed by atoms with Gasteiger partial charge >= 0.3 is 0 Å². The van der Waals surface area contributed by atoms with Crippen LogP contribution in [-0.4, -0.2) is 23.5 Å². The predicted molar refractivity (Wildman–Crippen MR) is 109 cm³/mol. The minimum atomic E-state index is -3.98. The van der Waals surface area contributed by atoms with Crippen LogP contribution in [0.4, 0.5) is 10.1 Å². The Morgan fingerprint density at radius 3 is 2.70 bits per heavy atom. The molecule has 2 aromatic carbocycles. The van der Waals surface area contributed by atoms with Gasteiger partial charge in [-0.15, -0.1) is 0 Å². The van der Waals surface area contributed by atoms with Crippen LogP contribution in [0.1, 0.15) is 11.5 Å². The molecule has 4 aromatic rings. The van der Waals surface area contributed by atoms with Gasteiger partial charge in [-0.1, -0.05) is 35.0 Å². The number of nitrogens with zero attached hydrogens (tertiary/aromatic N) is 3. The number of para-hydroxylation sites is 1. The fraction of sp³-hybridized carbons (Fsp3) is 0.0500. The smallest absolute Gasteiger partial charge is 0.261 e. The van der Waals surface area contributed by atoms with E-state index in [2.05, 4.69) is 19.8 Å². The molecule has 0 fully saturated rings. The van der Waals surface area contributed by atoms with E-state index >= 15 is 0 Å². The summed E-state index contributed by atoms with van der Waals surface area (Å²) in [6, 6.07) is 13.6. The second-order valence-corrected chi connectivity index (χ2v) is 8.36. The van der Waals surface area contributed by atoms with Gasteiger partial charge in [0.25, 0.3) is 10.0 Å². The van der Waals surface area contributed by atoms with Crippen LogP contribution in [0.5, 0.6) is 0 Å². The van der Waals surface area contributed by atoms with Crippen LogP contribution >= 0.6 is 11.6 Å². The van der Waals surface area contributed by atoms with E-state index < -0.39 is 15.8 Å². The molecule has 0 bridgehead atoms. The van der Waals surface area contributed by atoms with Gasteiger partial charge in [-0.3, -0.25) is 9.71 Å². The van der Waals surface area contributed by atoms with Gasteiger partial charge in [0.1, 0.15) is 5.82 Å². The lowest BCUT2D eigenvalue weighted by atomic mass is 10.1. The Kier molecular flexibility index (Phi) is 5.47. The summed E-state index contributed by atoms with van der Waals surface area (Å²) in [6.07, 6.45) is 3.46. The number of aromatic nitrogens is 3. The fourth-order valence-corrected chi connectivity index (χ4v) is 4.10. The number of hydrogen-bond acceptors (Lipinski definition) is 6.